The van der Waals surface area contributed by atoms with Gasteiger partial charge in [0.2, 0.25) is 10.0 Å². The highest BCUT2D eigenvalue weighted by Gasteiger charge is 2.20. The van der Waals surface area contributed by atoms with Crippen molar-refractivity contribution in [2.45, 2.75) is 45.7 Å². The molecule has 0 unspecified atom stereocenters. The van der Waals surface area contributed by atoms with Gasteiger partial charge in [-0.05, 0) is 32.8 Å². The second-order valence-corrected chi connectivity index (χ2v) is 7.28. The standard InChI is InChI=1S/C14H23N5O2S/c1-5-18-10-14(13(4)17-18)22(20,21)16-8-11(2)9-19-12(3)6-7-15-19/h6-7,10-11,16H,5,8-9H2,1-4H3/t11-/m0/s1. The number of rotatable bonds is 7. The smallest absolute Gasteiger partial charge is 0.243 e. The lowest BCUT2D eigenvalue weighted by Crippen LogP contribution is -2.30. The van der Waals surface area contributed by atoms with Gasteiger partial charge in [-0.2, -0.15) is 10.2 Å². The summed E-state index contributed by atoms with van der Waals surface area (Å²) in [5.74, 6) is 0.134. The van der Waals surface area contributed by atoms with Crippen molar-refractivity contribution in [3.63, 3.8) is 0 Å². The highest BCUT2D eigenvalue weighted by molar-refractivity contribution is 7.89. The van der Waals surface area contributed by atoms with Gasteiger partial charge >= 0.3 is 0 Å². The molecule has 2 aromatic rings. The van der Waals surface area contributed by atoms with Crippen LogP contribution in [0.3, 0.4) is 0 Å². The van der Waals surface area contributed by atoms with Crippen LogP contribution in [-0.2, 0) is 23.1 Å². The van der Waals surface area contributed by atoms with E-state index in [4.69, 9.17) is 0 Å². The fourth-order valence-corrected chi connectivity index (χ4v) is 3.55. The van der Waals surface area contributed by atoms with Gasteiger partial charge in [-0.15, -0.1) is 0 Å². The molecule has 0 saturated carbocycles. The molecule has 0 radical (unpaired) electrons. The van der Waals surface area contributed by atoms with Crippen molar-refractivity contribution < 1.29 is 8.42 Å². The molecule has 0 aliphatic carbocycles. The van der Waals surface area contributed by atoms with Crippen molar-refractivity contribution in [3.8, 4) is 0 Å². The second-order valence-electron chi connectivity index (χ2n) is 5.55. The van der Waals surface area contributed by atoms with E-state index in [-0.39, 0.29) is 10.8 Å². The first-order valence-corrected chi connectivity index (χ1v) is 8.84. The number of hydrogen-bond donors (Lipinski definition) is 1. The Morgan fingerprint density at radius 3 is 2.64 bits per heavy atom. The van der Waals surface area contributed by atoms with Gasteiger partial charge in [0.15, 0.2) is 0 Å². The summed E-state index contributed by atoms with van der Waals surface area (Å²) in [6.07, 6.45) is 3.31. The van der Waals surface area contributed by atoms with Crippen molar-refractivity contribution in [1.82, 2.24) is 24.3 Å². The van der Waals surface area contributed by atoms with Crippen LogP contribution in [-0.4, -0.2) is 34.5 Å². The first-order valence-electron chi connectivity index (χ1n) is 7.35. The highest BCUT2D eigenvalue weighted by Crippen LogP contribution is 2.13. The molecule has 2 rings (SSSR count). The highest BCUT2D eigenvalue weighted by atomic mass is 32.2. The van der Waals surface area contributed by atoms with Gasteiger partial charge in [0, 0.05) is 37.7 Å². The second kappa shape index (κ2) is 6.62. The molecule has 0 aliphatic rings. The zero-order valence-corrected chi connectivity index (χ0v) is 14.3. The Morgan fingerprint density at radius 2 is 2.09 bits per heavy atom. The van der Waals surface area contributed by atoms with E-state index in [0.717, 1.165) is 5.69 Å². The van der Waals surface area contributed by atoms with Gasteiger partial charge in [-0.3, -0.25) is 9.36 Å². The SMILES string of the molecule is CCn1cc(S(=O)(=O)NC[C@H](C)Cn2nccc2C)c(C)n1. The van der Waals surface area contributed by atoms with Crippen LogP contribution >= 0.6 is 0 Å². The van der Waals surface area contributed by atoms with Crippen LogP contribution in [0.5, 0.6) is 0 Å². The number of nitrogens with zero attached hydrogens (tertiary/aromatic N) is 4. The third-order valence-electron chi connectivity index (χ3n) is 3.55. The first kappa shape index (κ1) is 16.7. The molecule has 0 aromatic carbocycles. The van der Waals surface area contributed by atoms with Crippen molar-refractivity contribution in [1.29, 1.82) is 0 Å². The summed E-state index contributed by atoms with van der Waals surface area (Å²) in [5.41, 5.74) is 1.58. The first-order chi connectivity index (χ1) is 10.3. The van der Waals surface area contributed by atoms with Gasteiger partial charge in [-0.1, -0.05) is 6.92 Å². The van der Waals surface area contributed by atoms with E-state index in [1.807, 2.05) is 31.5 Å². The van der Waals surface area contributed by atoms with E-state index in [1.165, 1.54) is 0 Å². The molecule has 2 heterocycles. The molecular weight excluding hydrogens is 302 g/mol. The maximum atomic E-state index is 12.4. The molecule has 0 aliphatic heterocycles. The fourth-order valence-electron chi connectivity index (χ4n) is 2.20. The van der Waals surface area contributed by atoms with Crippen molar-refractivity contribution in [2.24, 2.45) is 5.92 Å². The van der Waals surface area contributed by atoms with E-state index >= 15 is 0 Å². The maximum Gasteiger partial charge on any atom is 0.243 e. The van der Waals surface area contributed by atoms with Gasteiger partial charge in [0.25, 0.3) is 0 Å². The third kappa shape index (κ3) is 3.75. The molecule has 1 N–H and O–H groups in total. The van der Waals surface area contributed by atoms with Crippen LogP contribution in [0.25, 0.3) is 0 Å². The van der Waals surface area contributed by atoms with E-state index < -0.39 is 10.0 Å². The Kier molecular flexibility index (Phi) is 5.02. The minimum Gasteiger partial charge on any atom is -0.271 e. The zero-order chi connectivity index (χ0) is 16.3. The lowest BCUT2D eigenvalue weighted by molar-refractivity contribution is 0.437. The Morgan fingerprint density at radius 1 is 1.36 bits per heavy atom. The fraction of sp³-hybridized carbons (Fsp3) is 0.571. The van der Waals surface area contributed by atoms with E-state index in [9.17, 15) is 8.42 Å². The maximum absolute atomic E-state index is 12.4. The molecule has 0 saturated heterocycles. The Labute approximate surface area is 131 Å². The summed E-state index contributed by atoms with van der Waals surface area (Å²) >= 11 is 0. The summed E-state index contributed by atoms with van der Waals surface area (Å²) in [6.45, 7) is 9.28. The van der Waals surface area contributed by atoms with E-state index in [0.29, 0.717) is 25.3 Å². The zero-order valence-electron chi connectivity index (χ0n) is 13.4. The van der Waals surface area contributed by atoms with Gasteiger partial charge in [-0.25, -0.2) is 13.1 Å². The molecule has 0 spiro atoms. The quantitative estimate of drug-likeness (QED) is 0.832. The van der Waals surface area contributed by atoms with Crippen molar-refractivity contribution >= 4 is 10.0 Å². The van der Waals surface area contributed by atoms with E-state index in [2.05, 4.69) is 14.9 Å². The number of sulfonamides is 1. The van der Waals surface area contributed by atoms with Gasteiger partial charge < -0.3 is 0 Å². The Balaban J connectivity index is 2.00. The normalized spacial score (nSPS) is 13.5. The predicted molar refractivity (Wildman–Crippen MR) is 84.0 cm³/mol. The number of aromatic nitrogens is 4. The Bertz CT molecular complexity index is 732. The average molecular weight is 325 g/mol. The van der Waals surface area contributed by atoms with Crippen LogP contribution in [0.4, 0.5) is 0 Å². The molecule has 0 fully saturated rings. The predicted octanol–water partition coefficient (Wildman–Crippen LogP) is 1.33. The van der Waals surface area contributed by atoms with Gasteiger partial charge in [0.05, 0.1) is 5.69 Å². The summed E-state index contributed by atoms with van der Waals surface area (Å²) in [4.78, 5) is 0.247. The average Bonchev–Trinajstić information content (AvgIpc) is 3.03. The van der Waals surface area contributed by atoms with Crippen molar-refractivity contribution in [3.05, 3.63) is 29.8 Å². The van der Waals surface area contributed by atoms with Crippen molar-refractivity contribution in [2.75, 3.05) is 6.54 Å². The lowest BCUT2D eigenvalue weighted by Gasteiger charge is -2.14. The summed E-state index contributed by atoms with van der Waals surface area (Å²) < 4.78 is 30.9. The van der Waals surface area contributed by atoms with Crippen LogP contribution in [0.2, 0.25) is 0 Å². The number of aryl methyl sites for hydroxylation is 3. The summed E-state index contributed by atoms with van der Waals surface area (Å²) in [7, 11) is -3.53. The molecule has 0 amide bonds. The molecule has 0 bridgehead atoms. The molecule has 2 aromatic heterocycles. The molecule has 8 heteroatoms. The third-order valence-corrected chi connectivity index (χ3v) is 5.08. The van der Waals surface area contributed by atoms with Gasteiger partial charge in [0.1, 0.15) is 4.90 Å². The van der Waals surface area contributed by atoms with Crippen LogP contribution in [0.15, 0.2) is 23.4 Å². The number of hydrogen-bond acceptors (Lipinski definition) is 4. The number of nitrogens with one attached hydrogen (secondary N) is 1. The summed E-state index contributed by atoms with van der Waals surface area (Å²) in [6, 6.07) is 1.93. The molecule has 22 heavy (non-hydrogen) atoms. The van der Waals surface area contributed by atoms with Crippen LogP contribution in [0.1, 0.15) is 25.2 Å². The van der Waals surface area contributed by atoms with Crippen LogP contribution < -0.4 is 4.72 Å². The largest absolute Gasteiger partial charge is 0.271 e. The molecular formula is C14H23N5O2S. The van der Waals surface area contributed by atoms with Crippen LogP contribution in [0, 0.1) is 19.8 Å². The molecule has 122 valence electrons. The topological polar surface area (TPSA) is 81.8 Å². The summed E-state index contributed by atoms with van der Waals surface area (Å²) in [5, 5.41) is 8.39. The molecule has 7 nitrogen and oxygen atoms in total. The van der Waals surface area contributed by atoms with E-state index in [1.54, 1.807) is 24.0 Å². The molecule has 1 atom stereocenters. The Hall–Kier alpha value is -1.67. The minimum atomic E-state index is -3.53. The minimum absolute atomic E-state index is 0.134. The lowest BCUT2D eigenvalue weighted by atomic mass is 10.2. The monoisotopic (exact) mass is 325 g/mol.